The molecule has 1 N–H and O–H groups in total. The van der Waals surface area contributed by atoms with Crippen molar-refractivity contribution in [3.05, 3.63) is 23.8 Å². The van der Waals surface area contributed by atoms with Gasteiger partial charge in [0.2, 0.25) is 0 Å². The summed E-state index contributed by atoms with van der Waals surface area (Å²) >= 11 is 0. The summed E-state index contributed by atoms with van der Waals surface area (Å²) in [4.78, 5) is 25.0. The number of carbonyl (C=O) groups excluding carboxylic acids is 1. The van der Waals surface area contributed by atoms with E-state index < -0.39 is 6.10 Å². The minimum Gasteiger partial charge on any atom is -0.390 e. The van der Waals surface area contributed by atoms with Crippen molar-refractivity contribution in [2.24, 2.45) is 0 Å². The predicted octanol–water partition coefficient (Wildman–Crippen LogP) is 0.118. The van der Waals surface area contributed by atoms with Gasteiger partial charge in [0, 0.05) is 44.5 Å². The molecule has 0 aromatic carbocycles. The van der Waals surface area contributed by atoms with Crippen LogP contribution in [-0.4, -0.2) is 82.3 Å². The molecule has 2 fully saturated rings. The summed E-state index contributed by atoms with van der Waals surface area (Å²) in [5.41, 5.74) is 0.476. The van der Waals surface area contributed by atoms with Gasteiger partial charge in [-0.1, -0.05) is 13.8 Å². The lowest BCUT2D eigenvalue weighted by atomic mass is 10.1. The van der Waals surface area contributed by atoms with Crippen LogP contribution in [-0.2, 0) is 4.74 Å². The Bertz CT molecular complexity index is 543. The van der Waals surface area contributed by atoms with Gasteiger partial charge in [0.15, 0.2) is 0 Å². The van der Waals surface area contributed by atoms with Crippen molar-refractivity contribution in [2.75, 3.05) is 39.4 Å². The first-order chi connectivity index (χ1) is 11.1. The molecule has 3 heterocycles. The molecule has 2 aliphatic rings. The molecule has 3 rings (SSSR count). The highest BCUT2D eigenvalue weighted by molar-refractivity contribution is 5.93. The van der Waals surface area contributed by atoms with Crippen LogP contribution in [0.2, 0.25) is 0 Å². The Hall–Kier alpha value is -1.57. The second-order valence-electron chi connectivity index (χ2n) is 6.48. The third-order valence-electron chi connectivity index (χ3n) is 4.50. The van der Waals surface area contributed by atoms with Crippen LogP contribution in [0.4, 0.5) is 0 Å². The Morgan fingerprint density at radius 1 is 1.26 bits per heavy atom. The maximum absolute atomic E-state index is 12.6. The quantitative estimate of drug-likeness (QED) is 0.852. The van der Waals surface area contributed by atoms with Crippen LogP contribution in [0.15, 0.2) is 12.4 Å². The molecule has 1 aromatic heterocycles. The molecule has 2 aliphatic heterocycles. The number of nitrogens with zero attached hydrogens (tertiary/aromatic N) is 4. The fraction of sp³-hybridized carbons (Fsp3) is 0.688. The number of hydrogen-bond donors (Lipinski definition) is 1. The Morgan fingerprint density at radius 3 is 2.52 bits per heavy atom. The Balaban J connectivity index is 1.66. The number of likely N-dealkylation sites (tertiary alicyclic amines) is 1. The number of morpholine rings is 1. The van der Waals surface area contributed by atoms with Gasteiger partial charge in [0.05, 0.1) is 30.9 Å². The molecule has 2 saturated heterocycles. The molecule has 0 radical (unpaired) electrons. The third kappa shape index (κ3) is 3.52. The Morgan fingerprint density at radius 2 is 1.91 bits per heavy atom. The van der Waals surface area contributed by atoms with Gasteiger partial charge in [-0.15, -0.1) is 0 Å². The molecule has 0 spiro atoms. The van der Waals surface area contributed by atoms with Crippen molar-refractivity contribution in [1.29, 1.82) is 0 Å². The minimum absolute atomic E-state index is 0.0151. The largest absolute Gasteiger partial charge is 0.390 e. The van der Waals surface area contributed by atoms with Gasteiger partial charge in [-0.3, -0.25) is 9.69 Å². The van der Waals surface area contributed by atoms with E-state index in [1.807, 2.05) is 13.8 Å². The Labute approximate surface area is 136 Å². The van der Waals surface area contributed by atoms with Crippen LogP contribution in [0, 0.1) is 0 Å². The summed E-state index contributed by atoms with van der Waals surface area (Å²) in [6.45, 7) is 7.88. The van der Waals surface area contributed by atoms with Crippen molar-refractivity contribution in [3.8, 4) is 0 Å². The SMILES string of the molecule is CC(C)c1ncc(C(=O)N2C[C@@H](O)[C@H](N3CCOCC3)C2)cn1. The molecule has 1 amide bonds. The van der Waals surface area contributed by atoms with Crippen LogP contribution < -0.4 is 0 Å². The number of aliphatic hydroxyl groups excluding tert-OH is 1. The van der Waals surface area contributed by atoms with Gasteiger partial charge in [-0.05, 0) is 0 Å². The molecule has 2 atom stereocenters. The fourth-order valence-corrected chi connectivity index (χ4v) is 3.13. The van der Waals surface area contributed by atoms with E-state index in [2.05, 4.69) is 14.9 Å². The molecule has 126 valence electrons. The molecule has 0 unspecified atom stereocenters. The molecule has 0 bridgehead atoms. The normalized spacial score (nSPS) is 26.0. The topological polar surface area (TPSA) is 78.8 Å². The van der Waals surface area contributed by atoms with Crippen molar-refractivity contribution in [2.45, 2.75) is 31.9 Å². The highest BCUT2D eigenvalue weighted by Crippen LogP contribution is 2.20. The van der Waals surface area contributed by atoms with Crippen LogP contribution >= 0.6 is 0 Å². The first kappa shape index (κ1) is 16.3. The minimum atomic E-state index is -0.520. The third-order valence-corrected chi connectivity index (χ3v) is 4.50. The zero-order chi connectivity index (χ0) is 16.4. The molecular weight excluding hydrogens is 296 g/mol. The summed E-state index contributed by atoms with van der Waals surface area (Å²) in [7, 11) is 0. The molecule has 0 saturated carbocycles. The van der Waals surface area contributed by atoms with Gasteiger partial charge in [-0.25, -0.2) is 9.97 Å². The number of carbonyl (C=O) groups is 1. The number of ether oxygens (including phenoxy) is 1. The van der Waals surface area contributed by atoms with E-state index in [-0.39, 0.29) is 17.9 Å². The van der Waals surface area contributed by atoms with Crippen molar-refractivity contribution >= 4 is 5.91 Å². The molecule has 7 heteroatoms. The van der Waals surface area contributed by atoms with Crippen molar-refractivity contribution in [3.63, 3.8) is 0 Å². The van der Waals surface area contributed by atoms with Crippen LogP contribution in [0.3, 0.4) is 0 Å². The van der Waals surface area contributed by atoms with Gasteiger partial charge in [-0.2, -0.15) is 0 Å². The second-order valence-corrected chi connectivity index (χ2v) is 6.48. The predicted molar refractivity (Wildman–Crippen MR) is 84.2 cm³/mol. The molecule has 23 heavy (non-hydrogen) atoms. The van der Waals surface area contributed by atoms with Gasteiger partial charge in [0.1, 0.15) is 5.82 Å². The van der Waals surface area contributed by atoms with E-state index in [9.17, 15) is 9.90 Å². The molecule has 1 aromatic rings. The maximum Gasteiger partial charge on any atom is 0.257 e. The Kier molecular flexibility index (Phi) is 4.89. The average molecular weight is 320 g/mol. The maximum atomic E-state index is 12.6. The van der Waals surface area contributed by atoms with Gasteiger partial charge < -0.3 is 14.7 Å². The van der Waals surface area contributed by atoms with E-state index >= 15 is 0 Å². The number of aliphatic hydroxyl groups is 1. The zero-order valence-electron chi connectivity index (χ0n) is 13.7. The monoisotopic (exact) mass is 320 g/mol. The standard InChI is InChI=1S/C16H24N4O3/c1-11(2)15-17-7-12(8-18-15)16(22)20-9-13(14(21)10-20)19-3-5-23-6-4-19/h7-8,11,13-14,21H,3-6,9-10H2,1-2H3/t13-,14-/m1/s1. The first-order valence-corrected chi connectivity index (χ1v) is 8.17. The summed E-state index contributed by atoms with van der Waals surface area (Å²) in [6.07, 6.45) is 2.64. The number of amides is 1. The van der Waals surface area contributed by atoms with E-state index in [0.29, 0.717) is 31.9 Å². The van der Waals surface area contributed by atoms with Crippen molar-refractivity contribution in [1.82, 2.24) is 19.8 Å². The number of hydrogen-bond acceptors (Lipinski definition) is 6. The average Bonchev–Trinajstić information content (AvgIpc) is 2.97. The molecule has 0 aliphatic carbocycles. The molecular formula is C16H24N4O3. The smallest absolute Gasteiger partial charge is 0.257 e. The number of β-amino-alcohol motifs (C(OH)–C–C–N with tert-alkyl or cyclic N) is 1. The van der Waals surface area contributed by atoms with E-state index in [4.69, 9.17) is 4.74 Å². The van der Waals surface area contributed by atoms with Crippen molar-refractivity contribution < 1.29 is 14.6 Å². The lowest BCUT2D eigenvalue weighted by molar-refractivity contribution is -0.00611. The summed E-state index contributed by atoms with van der Waals surface area (Å²) in [6, 6.07) is -0.0151. The summed E-state index contributed by atoms with van der Waals surface area (Å²) in [5, 5.41) is 10.3. The highest BCUT2D eigenvalue weighted by Gasteiger charge is 2.38. The molecule has 7 nitrogen and oxygen atoms in total. The summed E-state index contributed by atoms with van der Waals surface area (Å²) in [5.74, 6) is 0.850. The first-order valence-electron chi connectivity index (χ1n) is 8.17. The van der Waals surface area contributed by atoms with E-state index in [0.717, 1.165) is 18.9 Å². The zero-order valence-corrected chi connectivity index (χ0v) is 13.7. The van der Waals surface area contributed by atoms with E-state index in [1.54, 1.807) is 17.3 Å². The lowest BCUT2D eigenvalue weighted by Gasteiger charge is -2.33. The second kappa shape index (κ2) is 6.90. The van der Waals surface area contributed by atoms with Crippen LogP contribution in [0.25, 0.3) is 0 Å². The van der Waals surface area contributed by atoms with Gasteiger partial charge in [0.25, 0.3) is 5.91 Å². The van der Waals surface area contributed by atoms with Gasteiger partial charge >= 0.3 is 0 Å². The van der Waals surface area contributed by atoms with Crippen LogP contribution in [0.1, 0.15) is 35.9 Å². The summed E-state index contributed by atoms with van der Waals surface area (Å²) < 4.78 is 5.35. The van der Waals surface area contributed by atoms with Crippen LogP contribution in [0.5, 0.6) is 0 Å². The number of rotatable bonds is 3. The highest BCUT2D eigenvalue weighted by atomic mass is 16.5. The number of aromatic nitrogens is 2. The van der Waals surface area contributed by atoms with E-state index in [1.165, 1.54) is 0 Å². The fourth-order valence-electron chi connectivity index (χ4n) is 3.13. The lowest BCUT2D eigenvalue weighted by Crippen LogP contribution is -2.49.